The predicted molar refractivity (Wildman–Crippen MR) is 149 cm³/mol. The quantitative estimate of drug-likeness (QED) is 0.153. The zero-order valence-electron chi connectivity index (χ0n) is 21.7. The van der Waals surface area contributed by atoms with E-state index in [0.29, 0.717) is 42.0 Å². The van der Waals surface area contributed by atoms with Gasteiger partial charge < -0.3 is 19.7 Å². The van der Waals surface area contributed by atoms with Crippen molar-refractivity contribution in [1.82, 2.24) is 14.5 Å². The van der Waals surface area contributed by atoms with Gasteiger partial charge in [-0.3, -0.25) is 9.13 Å². The molecule has 0 spiro atoms. The lowest BCUT2D eigenvalue weighted by Crippen LogP contribution is -2.34. The van der Waals surface area contributed by atoms with Crippen LogP contribution in [0.2, 0.25) is 0 Å². The maximum absolute atomic E-state index is 12.9. The van der Waals surface area contributed by atoms with Crippen LogP contribution in [0, 0.1) is 0 Å². The van der Waals surface area contributed by atoms with E-state index in [0.717, 1.165) is 41.6 Å². The van der Waals surface area contributed by atoms with E-state index < -0.39 is 37.8 Å². The fraction of sp³-hybridized carbons (Fsp3) is 0.739. The van der Waals surface area contributed by atoms with Gasteiger partial charge in [0.1, 0.15) is 10.5 Å². The number of aliphatic hydroxyl groups excluding tert-OH is 1. The van der Waals surface area contributed by atoms with Crippen LogP contribution in [0.25, 0.3) is 11.2 Å². The number of halogens is 4. The molecule has 2 N–H and O–H groups in total. The summed E-state index contributed by atoms with van der Waals surface area (Å²) in [5.74, 6) is 0.670. The first-order valence-electron chi connectivity index (χ1n) is 12.5. The smallest absolute Gasteiger partial charge is 0.388 e. The first-order chi connectivity index (χ1) is 17.9. The van der Waals surface area contributed by atoms with Crippen LogP contribution in [0.1, 0.15) is 50.8 Å². The lowest BCUT2D eigenvalue weighted by molar-refractivity contribution is -0.136. The van der Waals surface area contributed by atoms with Crippen LogP contribution in [0.4, 0.5) is 18.9 Å². The molecule has 1 fully saturated rings. The van der Waals surface area contributed by atoms with Crippen LogP contribution in [0.15, 0.2) is 11.4 Å². The van der Waals surface area contributed by atoms with Gasteiger partial charge in [-0.2, -0.15) is 24.9 Å². The molecular weight excluding hydrogens is 584 g/mol. The van der Waals surface area contributed by atoms with Crippen LogP contribution in [-0.2, 0) is 20.2 Å². The second kappa shape index (κ2) is 14.3. The highest BCUT2D eigenvalue weighted by atomic mass is 35.7. The molecule has 216 valence electrons. The van der Waals surface area contributed by atoms with Gasteiger partial charge in [-0.15, -0.1) is 11.8 Å². The van der Waals surface area contributed by atoms with Gasteiger partial charge in [0.15, 0.2) is 11.9 Å². The van der Waals surface area contributed by atoms with Crippen molar-refractivity contribution in [2.75, 3.05) is 42.9 Å². The number of alkyl halides is 3. The van der Waals surface area contributed by atoms with Crippen LogP contribution in [0.5, 0.6) is 0 Å². The third-order valence-electron chi connectivity index (χ3n) is 6.06. The van der Waals surface area contributed by atoms with Crippen molar-refractivity contribution in [3.8, 4) is 0 Å². The third kappa shape index (κ3) is 9.17. The zero-order chi connectivity index (χ0) is 27.9. The predicted octanol–water partition coefficient (Wildman–Crippen LogP) is 6.71. The second-order valence-corrected chi connectivity index (χ2v) is 14.8. The molecule has 0 saturated carbocycles. The number of pyridine rings is 1. The van der Waals surface area contributed by atoms with Gasteiger partial charge in [0.25, 0.3) is 6.72 Å². The SMILES string of the molecule is CCc1c(SCCC(F)(F)F)nc2c(ncn2[C@@H]2O[C@H](COP(C)(=O)Cl)CCCCC2O)c1NCCSC. The Morgan fingerprint density at radius 2 is 2.08 bits per heavy atom. The standard InChI is InChI=1S/C23H35ClF3N4O4PS2/c1-4-16-18(28-10-12-37-3)19-20(30-21(16)38-11-9-23(25,26)27)31(14-29-19)22-17(32)8-6-5-7-15(35-22)13-34-36(2,24)33/h14-15,17,22,32H,4-13H2,1-3H3,(H,28,30)/t15-,17?,22+,36?/m0/s1. The van der Waals surface area contributed by atoms with Gasteiger partial charge in [-0.25, -0.2) is 9.97 Å². The average Bonchev–Trinajstić information content (AvgIpc) is 3.23. The Labute approximate surface area is 234 Å². The summed E-state index contributed by atoms with van der Waals surface area (Å²) in [5, 5.41) is 14.9. The molecule has 0 bridgehead atoms. The molecule has 1 aliphatic heterocycles. The maximum Gasteiger partial charge on any atom is 0.389 e. The number of thioether (sulfide) groups is 2. The Bertz CT molecular complexity index is 1100. The van der Waals surface area contributed by atoms with Crippen molar-refractivity contribution < 1.29 is 32.1 Å². The average molecular weight is 619 g/mol. The molecular formula is C23H35ClF3N4O4PS2. The van der Waals surface area contributed by atoms with Gasteiger partial charge in [-0.1, -0.05) is 19.8 Å². The number of rotatable bonds is 12. The van der Waals surface area contributed by atoms with E-state index >= 15 is 0 Å². The van der Waals surface area contributed by atoms with E-state index in [9.17, 15) is 22.8 Å². The minimum atomic E-state index is -4.26. The molecule has 0 radical (unpaired) electrons. The summed E-state index contributed by atoms with van der Waals surface area (Å²) in [5.41, 5.74) is 2.51. The summed E-state index contributed by atoms with van der Waals surface area (Å²) in [6.45, 7) is 0.644. The van der Waals surface area contributed by atoms with E-state index in [2.05, 4.69) is 10.3 Å². The van der Waals surface area contributed by atoms with Gasteiger partial charge in [0, 0.05) is 30.3 Å². The summed E-state index contributed by atoms with van der Waals surface area (Å²) >= 11 is 8.51. The molecule has 4 atom stereocenters. The highest BCUT2D eigenvalue weighted by Crippen LogP contribution is 2.48. The molecule has 15 heteroatoms. The molecule has 2 aromatic heterocycles. The Kier molecular flexibility index (Phi) is 12.0. The van der Waals surface area contributed by atoms with Crippen molar-refractivity contribution in [3.63, 3.8) is 0 Å². The van der Waals surface area contributed by atoms with E-state index in [1.54, 1.807) is 22.7 Å². The molecule has 1 saturated heterocycles. The van der Waals surface area contributed by atoms with Crippen molar-refractivity contribution in [1.29, 1.82) is 0 Å². The van der Waals surface area contributed by atoms with Crippen LogP contribution in [-0.4, -0.2) is 75.6 Å². The molecule has 3 rings (SSSR count). The molecule has 2 aromatic rings. The summed E-state index contributed by atoms with van der Waals surface area (Å²) in [4.78, 5) is 9.35. The first kappa shape index (κ1) is 31.8. The highest BCUT2D eigenvalue weighted by molar-refractivity contribution is 7.99. The van der Waals surface area contributed by atoms with Crippen LogP contribution < -0.4 is 5.32 Å². The van der Waals surface area contributed by atoms with Crippen molar-refractivity contribution in [3.05, 3.63) is 11.9 Å². The fourth-order valence-corrected chi connectivity index (χ4v) is 6.24. The number of imidazole rings is 1. The van der Waals surface area contributed by atoms with Gasteiger partial charge in [0.05, 0.1) is 37.3 Å². The summed E-state index contributed by atoms with van der Waals surface area (Å²) in [7, 11) is 0. The lowest BCUT2D eigenvalue weighted by Gasteiger charge is -2.32. The number of nitrogens with zero attached hydrogens (tertiary/aromatic N) is 3. The highest BCUT2D eigenvalue weighted by Gasteiger charge is 2.32. The van der Waals surface area contributed by atoms with Crippen LogP contribution >= 0.6 is 41.5 Å². The van der Waals surface area contributed by atoms with Crippen LogP contribution in [0.3, 0.4) is 0 Å². The summed E-state index contributed by atoms with van der Waals surface area (Å²) in [6.07, 6.45) is -0.672. The summed E-state index contributed by atoms with van der Waals surface area (Å²) in [6, 6.07) is 0. The number of hydrogen-bond donors (Lipinski definition) is 2. The molecule has 0 aromatic carbocycles. The first-order valence-corrected chi connectivity index (χ1v) is 17.9. The van der Waals surface area contributed by atoms with E-state index in [1.807, 2.05) is 13.2 Å². The maximum atomic E-state index is 12.9. The normalized spacial score (nSPS) is 22.7. The fourth-order valence-electron chi connectivity index (χ4n) is 4.23. The third-order valence-corrected chi connectivity index (χ3v) is 8.59. The van der Waals surface area contributed by atoms with Gasteiger partial charge in [0.2, 0.25) is 0 Å². The molecule has 0 amide bonds. The zero-order valence-corrected chi connectivity index (χ0v) is 25.0. The molecule has 3 heterocycles. The van der Waals surface area contributed by atoms with Gasteiger partial charge >= 0.3 is 6.18 Å². The number of anilines is 1. The van der Waals surface area contributed by atoms with E-state index in [1.165, 1.54) is 6.66 Å². The topological polar surface area (TPSA) is 98.5 Å². The van der Waals surface area contributed by atoms with Crippen molar-refractivity contribution in [2.45, 2.75) is 75.1 Å². The summed E-state index contributed by atoms with van der Waals surface area (Å²) < 4.78 is 63.7. The van der Waals surface area contributed by atoms with E-state index in [4.69, 9.17) is 25.5 Å². The monoisotopic (exact) mass is 618 g/mol. The molecule has 38 heavy (non-hydrogen) atoms. The number of fused-ring (bicyclic) bond motifs is 1. The Morgan fingerprint density at radius 3 is 2.74 bits per heavy atom. The minimum absolute atomic E-state index is 0.000568. The minimum Gasteiger partial charge on any atom is -0.388 e. The number of ether oxygens (including phenoxy) is 1. The molecule has 0 aliphatic carbocycles. The Morgan fingerprint density at radius 1 is 1.34 bits per heavy atom. The number of nitrogens with one attached hydrogen (secondary N) is 1. The second-order valence-electron chi connectivity index (χ2n) is 9.12. The van der Waals surface area contributed by atoms with Gasteiger partial charge in [-0.05, 0) is 36.8 Å². The number of hydrogen-bond acceptors (Lipinski definition) is 9. The van der Waals surface area contributed by atoms with E-state index in [-0.39, 0.29) is 12.4 Å². The van der Waals surface area contributed by atoms with Crippen molar-refractivity contribution >= 4 is 58.3 Å². The molecule has 1 aliphatic rings. The lowest BCUT2D eigenvalue weighted by atomic mass is 10.0. The molecule has 8 nitrogen and oxygen atoms in total. The van der Waals surface area contributed by atoms with Crippen molar-refractivity contribution in [2.24, 2.45) is 0 Å². The Balaban J connectivity index is 2.02. The number of aromatic nitrogens is 3. The Hall–Kier alpha value is -0.690. The largest absolute Gasteiger partial charge is 0.389 e. The number of aliphatic hydroxyl groups is 1. The molecule has 2 unspecified atom stereocenters.